The average molecular weight is 460 g/mol. The second-order valence-electron chi connectivity index (χ2n) is 9.84. The van der Waals surface area contributed by atoms with Gasteiger partial charge in [0, 0.05) is 30.6 Å². The number of benzene rings is 2. The molecule has 1 amide bonds. The minimum atomic E-state index is 0.0559. The van der Waals surface area contributed by atoms with E-state index in [9.17, 15) is 4.79 Å². The molecule has 4 rings (SSSR count). The van der Waals surface area contributed by atoms with E-state index >= 15 is 0 Å². The van der Waals surface area contributed by atoms with Gasteiger partial charge < -0.3 is 16.0 Å². The van der Waals surface area contributed by atoms with Crippen LogP contribution in [-0.4, -0.2) is 34.4 Å². The first-order valence-electron chi connectivity index (χ1n) is 12.4. The molecular weight excluding hydrogens is 422 g/mol. The van der Waals surface area contributed by atoms with E-state index in [1.807, 2.05) is 37.9 Å². The highest BCUT2D eigenvalue weighted by molar-refractivity contribution is 5.90. The summed E-state index contributed by atoms with van der Waals surface area (Å²) in [4.78, 5) is 23.9. The molecule has 2 aromatic carbocycles. The Morgan fingerprint density at radius 1 is 1.12 bits per heavy atom. The molecule has 34 heavy (non-hydrogen) atoms. The molecule has 1 aromatic heterocycles. The lowest BCUT2D eigenvalue weighted by Crippen LogP contribution is -2.34. The fourth-order valence-corrected chi connectivity index (χ4v) is 5.15. The van der Waals surface area contributed by atoms with Crippen molar-refractivity contribution < 1.29 is 4.79 Å². The van der Waals surface area contributed by atoms with Crippen LogP contribution >= 0.6 is 0 Å². The van der Waals surface area contributed by atoms with Crippen LogP contribution in [0.3, 0.4) is 0 Å². The van der Waals surface area contributed by atoms with Crippen molar-refractivity contribution in [3.63, 3.8) is 0 Å². The van der Waals surface area contributed by atoms with Gasteiger partial charge in [0.2, 0.25) is 5.91 Å². The van der Waals surface area contributed by atoms with Crippen molar-refractivity contribution in [3.8, 4) is 0 Å². The number of anilines is 2. The van der Waals surface area contributed by atoms with E-state index in [0.29, 0.717) is 11.8 Å². The van der Waals surface area contributed by atoms with Gasteiger partial charge in [0.25, 0.3) is 0 Å². The summed E-state index contributed by atoms with van der Waals surface area (Å²) < 4.78 is 0. The zero-order chi connectivity index (χ0) is 24.4. The molecule has 0 spiro atoms. The minimum Gasteiger partial charge on any atom is -0.399 e. The van der Waals surface area contributed by atoms with E-state index in [2.05, 4.69) is 48.4 Å². The summed E-state index contributed by atoms with van der Waals surface area (Å²) in [6.07, 6.45) is 3.97. The summed E-state index contributed by atoms with van der Waals surface area (Å²) in [5, 5.41) is 4.65. The summed E-state index contributed by atoms with van der Waals surface area (Å²) >= 11 is 0. The molecule has 1 saturated carbocycles. The fourth-order valence-electron chi connectivity index (χ4n) is 5.15. The number of amides is 1. The molecule has 1 atom stereocenters. The van der Waals surface area contributed by atoms with E-state index < -0.39 is 0 Å². The monoisotopic (exact) mass is 459 g/mol. The lowest BCUT2D eigenvalue weighted by Gasteiger charge is -2.30. The summed E-state index contributed by atoms with van der Waals surface area (Å²) in [5.41, 5.74) is 11.4. The summed E-state index contributed by atoms with van der Waals surface area (Å²) in [6.45, 7) is 8.92. The standard InChI is InChI=1S/C28H37N5O/c1-6-33(5)28(34)21-9-7-20(8-10-21)22-11-12-26-25(16-22)27(32-19(4)31-26)30-18(3)23-13-17(2)14-24(29)15-23/h11-16,18,20-21H,6-10,29H2,1-5H3,(H,30,31,32)/t18-,20?,21?/m1/s1. The molecule has 3 aromatic rings. The van der Waals surface area contributed by atoms with Crippen LogP contribution in [0.2, 0.25) is 0 Å². The first-order valence-corrected chi connectivity index (χ1v) is 12.4. The van der Waals surface area contributed by atoms with Crippen LogP contribution in [0.1, 0.15) is 74.0 Å². The topological polar surface area (TPSA) is 84.1 Å². The molecule has 1 fully saturated rings. The molecule has 6 heteroatoms. The molecule has 1 heterocycles. The molecule has 0 radical (unpaired) electrons. The van der Waals surface area contributed by atoms with E-state index in [1.54, 1.807) is 0 Å². The largest absolute Gasteiger partial charge is 0.399 e. The fraction of sp³-hybridized carbons (Fsp3) is 0.464. The van der Waals surface area contributed by atoms with Gasteiger partial charge in [-0.1, -0.05) is 12.1 Å². The first kappa shape index (κ1) is 24.0. The number of hydrogen-bond donors (Lipinski definition) is 2. The highest BCUT2D eigenvalue weighted by Gasteiger charge is 2.28. The number of fused-ring (bicyclic) bond motifs is 1. The van der Waals surface area contributed by atoms with Crippen molar-refractivity contribution in [2.24, 2.45) is 5.92 Å². The van der Waals surface area contributed by atoms with E-state index in [0.717, 1.165) is 71.6 Å². The van der Waals surface area contributed by atoms with Gasteiger partial charge in [-0.15, -0.1) is 0 Å². The summed E-state index contributed by atoms with van der Waals surface area (Å²) in [6, 6.07) is 12.8. The summed E-state index contributed by atoms with van der Waals surface area (Å²) in [5.74, 6) is 2.51. The predicted octanol–water partition coefficient (Wildman–Crippen LogP) is 5.75. The van der Waals surface area contributed by atoms with Gasteiger partial charge in [0.05, 0.1) is 11.6 Å². The maximum Gasteiger partial charge on any atom is 0.225 e. The number of aromatic nitrogens is 2. The summed E-state index contributed by atoms with van der Waals surface area (Å²) in [7, 11) is 1.90. The predicted molar refractivity (Wildman–Crippen MR) is 140 cm³/mol. The van der Waals surface area contributed by atoms with Crippen molar-refractivity contribution in [3.05, 3.63) is 58.9 Å². The van der Waals surface area contributed by atoms with Crippen LogP contribution in [0.4, 0.5) is 11.5 Å². The Balaban J connectivity index is 1.57. The number of carbonyl (C=O) groups excluding carboxylic acids is 1. The second-order valence-corrected chi connectivity index (χ2v) is 9.84. The number of nitrogens with zero attached hydrogens (tertiary/aromatic N) is 3. The maximum atomic E-state index is 12.6. The number of aryl methyl sites for hydroxylation is 2. The number of nitrogens with two attached hydrogens (primary N) is 1. The third kappa shape index (κ3) is 5.16. The molecule has 0 unspecified atom stereocenters. The number of nitrogens with one attached hydrogen (secondary N) is 1. The van der Waals surface area contributed by atoms with Gasteiger partial charge in [-0.25, -0.2) is 9.97 Å². The molecule has 0 saturated heterocycles. The van der Waals surface area contributed by atoms with Crippen molar-refractivity contribution in [1.82, 2.24) is 14.9 Å². The molecular formula is C28H37N5O. The van der Waals surface area contributed by atoms with Crippen molar-refractivity contribution in [1.29, 1.82) is 0 Å². The molecule has 6 nitrogen and oxygen atoms in total. The Hall–Kier alpha value is -3.15. The zero-order valence-corrected chi connectivity index (χ0v) is 21.1. The van der Waals surface area contributed by atoms with Crippen LogP contribution in [0.25, 0.3) is 10.9 Å². The quantitative estimate of drug-likeness (QED) is 0.458. The van der Waals surface area contributed by atoms with Gasteiger partial charge in [0.1, 0.15) is 11.6 Å². The maximum absolute atomic E-state index is 12.6. The van der Waals surface area contributed by atoms with E-state index in [-0.39, 0.29) is 12.0 Å². The molecule has 1 aliphatic rings. The Morgan fingerprint density at radius 2 is 1.85 bits per heavy atom. The number of hydrogen-bond acceptors (Lipinski definition) is 5. The number of rotatable bonds is 6. The Bertz CT molecular complexity index is 1160. The van der Waals surface area contributed by atoms with Crippen molar-refractivity contribution >= 4 is 28.3 Å². The SMILES string of the molecule is CCN(C)C(=O)C1CCC(c2ccc3nc(C)nc(N[C@H](C)c4cc(C)cc(N)c4)c3c2)CC1. The zero-order valence-electron chi connectivity index (χ0n) is 21.1. The molecule has 3 N–H and O–H groups in total. The second kappa shape index (κ2) is 10.00. The molecule has 1 aliphatic carbocycles. The third-order valence-electron chi connectivity index (χ3n) is 7.21. The average Bonchev–Trinajstić information content (AvgIpc) is 2.82. The molecule has 0 aliphatic heterocycles. The highest BCUT2D eigenvalue weighted by Crippen LogP contribution is 2.38. The van der Waals surface area contributed by atoms with Crippen molar-refractivity contribution in [2.45, 2.75) is 65.3 Å². The van der Waals surface area contributed by atoms with Gasteiger partial charge in [-0.3, -0.25) is 4.79 Å². The molecule has 0 bridgehead atoms. The van der Waals surface area contributed by atoms with Gasteiger partial charge in [0.15, 0.2) is 0 Å². The van der Waals surface area contributed by atoms with E-state index in [1.165, 1.54) is 5.56 Å². The Morgan fingerprint density at radius 3 is 2.53 bits per heavy atom. The Labute approximate surface area is 203 Å². The lowest BCUT2D eigenvalue weighted by molar-refractivity contribution is -0.135. The first-order chi connectivity index (χ1) is 16.2. The normalized spacial score (nSPS) is 19.1. The third-order valence-corrected chi connectivity index (χ3v) is 7.21. The minimum absolute atomic E-state index is 0.0559. The van der Waals surface area contributed by atoms with Gasteiger partial charge in [-0.05, 0) is 100 Å². The van der Waals surface area contributed by atoms with E-state index in [4.69, 9.17) is 10.7 Å². The number of nitrogen functional groups attached to an aromatic ring is 1. The molecule has 180 valence electrons. The van der Waals surface area contributed by atoms with Crippen LogP contribution in [0, 0.1) is 19.8 Å². The number of carbonyl (C=O) groups is 1. The lowest BCUT2D eigenvalue weighted by atomic mass is 9.78. The van der Waals surface area contributed by atoms with Crippen LogP contribution in [0.15, 0.2) is 36.4 Å². The highest BCUT2D eigenvalue weighted by atomic mass is 16.2. The van der Waals surface area contributed by atoms with Crippen LogP contribution < -0.4 is 11.1 Å². The van der Waals surface area contributed by atoms with Crippen LogP contribution in [0.5, 0.6) is 0 Å². The smallest absolute Gasteiger partial charge is 0.225 e. The van der Waals surface area contributed by atoms with Crippen LogP contribution in [-0.2, 0) is 4.79 Å². The van der Waals surface area contributed by atoms with Gasteiger partial charge >= 0.3 is 0 Å². The van der Waals surface area contributed by atoms with Gasteiger partial charge in [-0.2, -0.15) is 0 Å². The van der Waals surface area contributed by atoms with Crippen molar-refractivity contribution in [2.75, 3.05) is 24.6 Å². The Kier molecular flexibility index (Phi) is 7.05.